The van der Waals surface area contributed by atoms with Gasteiger partial charge in [0.2, 0.25) is 0 Å². The zero-order valence-electron chi connectivity index (χ0n) is 23.9. The van der Waals surface area contributed by atoms with Gasteiger partial charge in [-0.3, -0.25) is 0 Å². The molecular weight excluding hydrogens is 522 g/mol. The fraction of sp³-hybridized carbons (Fsp3) is 0.0250. The SMILES string of the molecule is CN(c1ccc(C#N)cc1)c1ccc(-c2ccc(N(c3cccc4ccccc34)c3cccc4ccccc34)cc2)cc1. The summed E-state index contributed by atoms with van der Waals surface area (Å²) in [5.74, 6) is 0. The lowest BCUT2D eigenvalue weighted by molar-refractivity contribution is 1.21. The van der Waals surface area contributed by atoms with Gasteiger partial charge in [0.15, 0.2) is 0 Å². The summed E-state index contributed by atoms with van der Waals surface area (Å²) in [5, 5.41) is 14.0. The lowest BCUT2D eigenvalue weighted by Crippen LogP contribution is -2.11. The predicted octanol–water partition coefficient (Wildman–Crippen LogP) is 10.8. The molecule has 0 spiro atoms. The first-order valence-electron chi connectivity index (χ1n) is 14.4. The molecule has 0 unspecified atom stereocenters. The summed E-state index contributed by atoms with van der Waals surface area (Å²) in [6, 6.07) is 57.5. The zero-order chi connectivity index (χ0) is 29.2. The highest BCUT2D eigenvalue weighted by molar-refractivity contribution is 6.04. The van der Waals surface area contributed by atoms with E-state index in [4.69, 9.17) is 5.26 Å². The molecule has 204 valence electrons. The first kappa shape index (κ1) is 26.1. The number of fused-ring (bicyclic) bond motifs is 2. The van der Waals surface area contributed by atoms with Crippen LogP contribution >= 0.6 is 0 Å². The van der Waals surface area contributed by atoms with Crippen LogP contribution in [-0.4, -0.2) is 7.05 Å². The molecule has 3 nitrogen and oxygen atoms in total. The number of hydrogen-bond donors (Lipinski definition) is 0. The van der Waals surface area contributed by atoms with Gasteiger partial charge in [-0.2, -0.15) is 5.26 Å². The topological polar surface area (TPSA) is 30.3 Å². The average molecular weight is 552 g/mol. The molecule has 0 saturated carbocycles. The Morgan fingerprint density at radius 1 is 0.442 bits per heavy atom. The van der Waals surface area contributed by atoms with Crippen LogP contribution in [0.15, 0.2) is 158 Å². The lowest BCUT2D eigenvalue weighted by Gasteiger charge is -2.28. The smallest absolute Gasteiger partial charge is 0.0991 e. The molecule has 0 aromatic heterocycles. The molecule has 0 amide bonds. The highest BCUT2D eigenvalue weighted by atomic mass is 15.1. The van der Waals surface area contributed by atoms with Crippen molar-refractivity contribution >= 4 is 50.0 Å². The Labute approximate surface area is 252 Å². The Bertz CT molecular complexity index is 2000. The molecule has 0 fully saturated rings. The number of benzene rings is 7. The molecule has 7 rings (SSSR count). The third-order valence-corrected chi connectivity index (χ3v) is 8.11. The summed E-state index contributed by atoms with van der Waals surface area (Å²) in [6.07, 6.45) is 0. The average Bonchev–Trinajstić information content (AvgIpc) is 3.09. The molecule has 0 saturated heterocycles. The van der Waals surface area contributed by atoms with Crippen molar-refractivity contribution in [2.45, 2.75) is 0 Å². The van der Waals surface area contributed by atoms with E-state index in [-0.39, 0.29) is 0 Å². The summed E-state index contributed by atoms with van der Waals surface area (Å²) >= 11 is 0. The number of hydrogen-bond acceptors (Lipinski definition) is 3. The van der Waals surface area contributed by atoms with Crippen LogP contribution in [0.5, 0.6) is 0 Å². The van der Waals surface area contributed by atoms with E-state index in [1.807, 2.05) is 31.3 Å². The van der Waals surface area contributed by atoms with Crippen LogP contribution in [0.4, 0.5) is 28.4 Å². The molecule has 7 aromatic rings. The lowest BCUT2D eigenvalue weighted by atomic mass is 10.0. The summed E-state index contributed by atoms with van der Waals surface area (Å²) in [7, 11) is 2.04. The van der Waals surface area contributed by atoms with E-state index in [1.54, 1.807) is 0 Å². The summed E-state index contributed by atoms with van der Waals surface area (Å²) < 4.78 is 0. The Balaban J connectivity index is 1.26. The monoisotopic (exact) mass is 551 g/mol. The van der Waals surface area contributed by atoms with Gasteiger partial charge in [-0.15, -0.1) is 0 Å². The zero-order valence-corrected chi connectivity index (χ0v) is 23.9. The van der Waals surface area contributed by atoms with E-state index in [0.29, 0.717) is 5.56 Å². The first-order valence-corrected chi connectivity index (χ1v) is 14.4. The number of rotatable bonds is 6. The molecule has 0 aliphatic rings. The summed E-state index contributed by atoms with van der Waals surface area (Å²) in [4.78, 5) is 4.50. The minimum absolute atomic E-state index is 0.662. The third kappa shape index (κ3) is 4.96. The Morgan fingerprint density at radius 3 is 1.35 bits per heavy atom. The standard InChI is InChI=1S/C40H29N3/c1-42(34-22-16-29(28-41)17-23-34)35-24-18-30(19-25-35)31-20-26-36(27-21-31)43(39-14-6-10-32-8-2-4-12-37(32)39)40-15-7-11-33-9-3-5-13-38(33)40/h2-27H,1H3. The van der Waals surface area contributed by atoms with Crippen LogP contribution in [0, 0.1) is 11.3 Å². The Kier molecular flexibility index (Phi) is 6.79. The van der Waals surface area contributed by atoms with Crippen molar-refractivity contribution in [3.05, 3.63) is 163 Å². The normalized spacial score (nSPS) is 10.9. The van der Waals surface area contributed by atoms with Gasteiger partial charge in [0.1, 0.15) is 0 Å². The van der Waals surface area contributed by atoms with Crippen LogP contribution in [0.2, 0.25) is 0 Å². The molecule has 0 atom stereocenters. The van der Waals surface area contributed by atoms with Crippen molar-refractivity contribution in [3.8, 4) is 17.2 Å². The molecule has 0 radical (unpaired) electrons. The quantitative estimate of drug-likeness (QED) is 0.206. The number of nitrogens with zero attached hydrogens (tertiary/aromatic N) is 3. The van der Waals surface area contributed by atoms with Crippen LogP contribution in [0.25, 0.3) is 32.7 Å². The molecule has 43 heavy (non-hydrogen) atoms. The Morgan fingerprint density at radius 2 is 0.860 bits per heavy atom. The second-order valence-corrected chi connectivity index (χ2v) is 10.6. The molecule has 0 heterocycles. The van der Waals surface area contributed by atoms with Crippen LogP contribution in [-0.2, 0) is 0 Å². The first-order chi connectivity index (χ1) is 21.2. The number of nitriles is 1. The van der Waals surface area contributed by atoms with Gasteiger partial charge in [0.25, 0.3) is 0 Å². The van der Waals surface area contributed by atoms with Crippen LogP contribution in [0.3, 0.4) is 0 Å². The van der Waals surface area contributed by atoms with Gasteiger partial charge >= 0.3 is 0 Å². The second kappa shape index (κ2) is 11.2. The highest BCUT2D eigenvalue weighted by Gasteiger charge is 2.17. The van der Waals surface area contributed by atoms with Crippen molar-refractivity contribution in [2.24, 2.45) is 0 Å². The second-order valence-electron chi connectivity index (χ2n) is 10.6. The molecule has 0 N–H and O–H groups in total. The largest absolute Gasteiger partial charge is 0.345 e. The van der Waals surface area contributed by atoms with E-state index in [2.05, 4.69) is 149 Å². The molecule has 0 aliphatic heterocycles. The Hall–Kier alpha value is -5.85. The highest BCUT2D eigenvalue weighted by Crippen LogP contribution is 2.42. The van der Waals surface area contributed by atoms with Gasteiger partial charge in [0, 0.05) is 34.9 Å². The number of anilines is 5. The van der Waals surface area contributed by atoms with Gasteiger partial charge in [-0.25, -0.2) is 0 Å². The minimum Gasteiger partial charge on any atom is -0.345 e. The fourth-order valence-corrected chi connectivity index (χ4v) is 5.80. The van der Waals surface area contributed by atoms with Crippen LogP contribution in [0.1, 0.15) is 5.56 Å². The van der Waals surface area contributed by atoms with E-state index < -0.39 is 0 Å². The van der Waals surface area contributed by atoms with Gasteiger partial charge in [-0.05, 0) is 82.6 Å². The van der Waals surface area contributed by atoms with Crippen molar-refractivity contribution in [2.75, 3.05) is 16.8 Å². The van der Waals surface area contributed by atoms with Crippen molar-refractivity contribution in [1.29, 1.82) is 5.26 Å². The minimum atomic E-state index is 0.662. The van der Waals surface area contributed by atoms with E-state index in [9.17, 15) is 0 Å². The summed E-state index contributed by atoms with van der Waals surface area (Å²) in [6.45, 7) is 0. The van der Waals surface area contributed by atoms with Crippen molar-refractivity contribution in [3.63, 3.8) is 0 Å². The van der Waals surface area contributed by atoms with Crippen molar-refractivity contribution < 1.29 is 0 Å². The summed E-state index contributed by atoms with van der Waals surface area (Å²) in [5.41, 5.74) is 8.51. The molecule has 7 aromatic carbocycles. The maximum atomic E-state index is 9.10. The van der Waals surface area contributed by atoms with Gasteiger partial charge < -0.3 is 9.80 Å². The van der Waals surface area contributed by atoms with Crippen LogP contribution < -0.4 is 9.80 Å². The maximum Gasteiger partial charge on any atom is 0.0991 e. The third-order valence-electron chi connectivity index (χ3n) is 8.11. The van der Waals surface area contributed by atoms with Crippen molar-refractivity contribution in [1.82, 2.24) is 0 Å². The molecule has 0 aliphatic carbocycles. The molecule has 3 heteroatoms. The van der Waals surface area contributed by atoms with E-state index in [0.717, 1.165) is 39.6 Å². The fourth-order valence-electron chi connectivity index (χ4n) is 5.80. The predicted molar refractivity (Wildman–Crippen MR) is 181 cm³/mol. The van der Waals surface area contributed by atoms with E-state index >= 15 is 0 Å². The molecular formula is C40H29N3. The van der Waals surface area contributed by atoms with E-state index in [1.165, 1.54) is 21.5 Å². The van der Waals surface area contributed by atoms with Gasteiger partial charge in [-0.1, -0.05) is 97.1 Å². The van der Waals surface area contributed by atoms with Gasteiger partial charge in [0.05, 0.1) is 23.0 Å². The molecule has 0 bridgehead atoms. The maximum absolute atomic E-state index is 9.10.